The molecule has 1 atom stereocenters. The SMILES string of the molecule is NC(=O)[C@@H](NCc1c[nH]c2ccccc12)c1ccccc1. The van der Waals surface area contributed by atoms with Gasteiger partial charge in [-0.05, 0) is 17.2 Å². The van der Waals surface area contributed by atoms with E-state index in [1.54, 1.807) is 0 Å². The van der Waals surface area contributed by atoms with E-state index in [0.29, 0.717) is 6.54 Å². The first-order chi connectivity index (χ1) is 10.3. The molecule has 0 aliphatic carbocycles. The van der Waals surface area contributed by atoms with Gasteiger partial charge >= 0.3 is 0 Å². The van der Waals surface area contributed by atoms with Gasteiger partial charge in [-0.3, -0.25) is 10.1 Å². The first kappa shape index (κ1) is 13.4. The van der Waals surface area contributed by atoms with E-state index >= 15 is 0 Å². The van der Waals surface area contributed by atoms with Gasteiger partial charge in [0.15, 0.2) is 0 Å². The van der Waals surface area contributed by atoms with Crippen molar-refractivity contribution in [3.8, 4) is 0 Å². The topological polar surface area (TPSA) is 70.9 Å². The number of carbonyl (C=O) groups excluding carboxylic acids is 1. The fraction of sp³-hybridized carbons (Fsp3) is 0.118. The molecule has 3 rings (SSSR count). The van der Waals surface area contributed by atoms with Crippen LogP contribution in [0.2, 0.25) is 0 Å². The Morgan fingerprint density at radius 1 is 1.10 bits per heavy atom. The molecular formula is C17H17N3O. The van der Waals surface area contributed by atoms with Crippen LogP contribution >= 0.6 is 0 Å². The van der Waals surface area contributed by atoms with Crippen LogP contribution < -0.4 is 11.1 Å². The zero-order valence-corrected chi connectivity index (χ0v) is 11.5. The molecule has 0 spiro atoms. The van der Waals surface area contributed by atoms with Crippen molar-refractivity contribution >= 4 is 16.8 Å². The number of H-pyrrole nitrogens is 1. The van der Waals surface area contributed by atoms with Crippen molar-refractivity contribution in [3.05, 3.63) is 71.9 Å². The van der Waals surface area contributed by atoms with Crippen molar-refractivity contribution in [3.63, 3.8) is 0 Å². The average Bonchev–Trinajstić information content (AvgIpc) is 2.92. The van der Waals surface area contributed by atoms with E-state index < -0.39 is 6.04 Å². The fourth-order valence-electron chi connectivity index (χ4n) is 2.52. The maximum absolute atomic E-state index is 11.7. The minimum absolute atomic E-state index is 0.374. The number of nitrogens with one attached hydrogen (secondary N) is 2. The molecule has 0 aliphatic heterocycles. The lowest BCUT2D eigenvalue weighted by Crippen LogP contribution is -2.33. The summed E-state index contributed by atoms with van der Waals surface area (Å²) >= 11 is 0. The Bertz CT molecular complexity index is 749. The molecule has 1 amide bonds. The summed E-state index contributed by atoms with van der Waals surface area (Å²) in [4.78, 5) is 14.9. The number of amides is 1. The summed E-state index contributed by atoms with van der Waals surface area (Å²) in [5.41, 5.74) is 8.60. The van der Waals surface area contributed by atoms with E-state index in [1.165, 1.54) is 0 Å². The number of hydrogen-bond acceptors (Lipinski definition) is 2. The van der Waals surface area contributed by atoms with Gasteiger partial charge in [-0.2, -0.15) is 0 Å². The van der Waals surface area contributed by atoms with E-state index in [1.807, 2.05) is 54.7 Å². The number of aromatic amines is 1. The van der Waals surface area contributed by atoms with Crippen LogP contribution in [-0.4, -0.2) is 10.9 Å². The summed E-state index contributed by atoms with van der Waals surface area (Å²) < 4.78 is 0. The van der Waals surface area contributed by atoms with Crippen LogP contribution in [0.15, 0.2) is 60.8 Å². The van der Waals surface area contributed by atoms with Gasteiger partial charge in [0, 0.05) is 23.6 Å². The Morgan fingerprint density at radius 2 is 1.81 bits per heavy atom. The number of benzene rings is 2. The van der Waals surface area contributed by atoms with Crippen molar-refractivity contribution in [2.75, 3.05) is 0 Å². The molecule has 1 aromatic heterocycles. The van der Waals surface area contributed by atoms with Crippen LogP contribution in [0.4, 0.5) is 0 Å². The highest BCUT2D eigenvalue weighted by Crippen LogP contribution is 2.19. The molecule has 0 saturated carbocycles. The Morgan fingerprint density at radius 3 is 2.57 bits per heavy atom. The van der Waals surface area contributed by atoms with Gasteiger partial charge in [0.1, 0.15) is 6.04 Å². The lowest BCUT2D eigenvalue weighted by molar-refractivity contribution is -0.120. The summed E-state index contributed by atoms with van der Waals surface area (Å²) in [6.45, 7) is 0.576. The quantitative estimate of drug-likeness (QED) is 0.671. The van der Waals surface area contributed by atoms with E-state index in [2.05, 4.69) is 16.4 Å². The van der Waals surface area contributed by atoms with Gasteiger partial charge in [-0.15, -0.1) is 0 Å². The van der Waals surface area contributed by atoms with Crippen LogP contribution in [0.5, 0.6) is 0 Å². The normalized spacial score (nSPS) is 12.4. The molecule has 2 aromatic carbocycles. The summed E-state index contributed by atoms with van der Waals surface area (Å²) in [6, 6.07) is 17.1. The smallest absolute Gasteiger partial charge is 0.239 e. The average molecular weight is 279 g/mol. The fourth-order valence-corrected chi connectivity index (χ4v) is 2.52. The van der Waals surface area contributed by atoms with Crippen LogP contribution in [0.25, 0.3) is 10.9 Å². The predicted octanol–water partition coefficient (Wildman–Crippen LogP) is 2.48. The number of para-hydroxylation sites is 1. The third-order valence-corrected chi connectivity index (χ3v) is 3.59. The molecule has 1 heterocycles. The van der Waals surface area contributed by atoms with Crippen LogP contribution in [0, 0.1) is 0 Å². The first-order valence-electron chi connectivity index (χ1n) is 6.88. The molecule has 4 nitrogen and oxygen atoms in total. The molecule has 0 bridgehead atoms. The monoisotopic (exact) mass is 279 g/mol. The molecule has 0 unspecified atom stereocenters. The maximum Gasteiger partial charge on any atom is 0.239 e. The Kier molecular flexibility index (Phi) is 3.71. The predicted molar refractivity (Wildman–Crippen MR) is 83.5 cm³/mol. The second kappa shape index (κ2) is 5.81. The highest BCUT2D eigenvalue weighted by molar-refractivity contribution is 5.83. The zero-order valence-electron chi connectivity index (χ0n) is 11.5. The zero-order chi connectivity index (χ0) is 14.7. The van der Waals surface area contributed by atoms with Crippen molar-refractivity contribution in [2.24, 2.45) is 5.73 Å². The molecular weight excluding hydrogens is 262 g/mol. The molecule has 0 radical (unpaired) electrons. The molecule has 4 N–H and O–H groups in total. The van der Waals surface area contributed by atoms with Crippen molar-refractivity contribution in [2.45, 2.75) is 12.6 Å². The standard InChI is InChI=1S/C17H17N3O/c18-17(21)16(12-6-2-1-3-7-12)20-11-13-10-19-15-9-5-4-8-14(13)15/h1-10,16,19-20H,11H2,(H2,18,21)/t16-/m0/s1. The number of nitrogens with two attached hydrogens (primary N) is 1. The van der Waals surface area contributed by atoms with Gasteiger partial charge in [0.05, 0.1) is 0 Å². The van der Waals surface area contributed by atoms with Crippen LogP contribution in [0.3, 0.4) is 0 Å². The van der Waals surface area contributed by atoms with Gasteiger partial charge in [0.2, 0.25) is 5.91 Å². The second-order valence-corrected chi connectivity index (χ2v) is 4.99. The third-order valence-electron chi connectivity index (χ3n) is 3.59. The highest BCUT2D eigenvalue weighted by Gasteiger charge is 2.17. The van der Waals surface area contributed by atoms with E-state index in [4.69, 9.17) is 5.73 Å². The number of primary amides is 1. The summed E-state index contributed by atoms with van der Waals surface area (Å²) in [6.07, 6.45) is 1.96. The molecule has 0 saturated heterocycles. The van der Waals surface area contributed by atoms with Gasteiger partial charge in [0.25, 0.3) is 0 Å². The highest BCUT2D eigenvalue weighted by atomic mass is 16.1. The summed E-state index contributed by atoms with van der Waals surface area (Å²) in [5, 5.41) is 4.39. The van der Waals surface area contributed by atoms with Gasteiger partial charge in [-0.25, -0.2) is 0 Å². The Balaban J connectivity index is 1.80. The molecule has 4 heteroatoms. The lowest BCUT2D eigenvalue weighted by Gasteiger charge is -2.15. The largest absolute Gasteiger partial charge is 0.368 e. The van der Waals surface area contributed by atoms with E-state index in [-0.39, 0.29) is 5.91 Å². The Labute approximate surface area is 123 Å². The second-order valence-electron chi connectivity index (χ2n) is 4.99. The maximum atomic E-state index is 11.7. The lowest BCUT2D eigenvalue weighted by atomic mass is 10.1. The van der Waals surface area contributed by atoms with Gasteiger partial charge < -0.3 is 10.7 Å². The van der Waals surface area contributed by atoms with Crippen molar-refractivity contribution < 1.29 is 4.79 Å². The van der Waals surface area contributed by atoms with E-state index in [9.17, 15) is 4.79 Å². The molecule has 106 valence electrons. The minimum atomic E-state index is -0.486. The molecule has 0 fully saturated rings. The van der Waals surface area contributed by atoms with Crippen molar-refractivity contribution in [1.29, 1.82) is 0 Å². The number of carbonyl (C=O) groups is 1. The summed E-state index contributed by atoms with van der Waals surface area (Å²) in [7, 11) is 0. The Hall–Kier alpha value is -2.59. The van der Waals surface area contributed by atoms with Crippen LogP contribution in [-0.2, 0) is 11.3 Å². The molecule has 0 aliphatic rings. The van der Waals surface area contributed by atoms with Gasteiger partial charge in [-0.1, -0.05) is 48.5 Å². The molecule has 3 aromatic rings. The first-order valence-corrected chi connectivity index (χ1v) is 6.88. The molecule has 21 heavy (non-hydrogen) atoms. The summed E-state index contributed by atoms with van der Waals surface area (Å²) in [5.74, 6) is -0.374. The van der Waals surface area contributed by atoms with Crippen molar-refractivity contribution in [1.82, 2.24) is 10.3 Å². The number of aromatic nitrogens is 1. The minimum Gasteiger partial charge on any atom is -0.368 e. The number of hydrogen-bond donors (Lipinski definition) is 3. The van der Waals surface area contributed by atoms with E-state index in [0.717, 1.165) is 22.0 Å². The third kappa shape index (κ3) is 2.80. The number of fused-ring (bicyclic) bond motifs is 1. The van der Waals surface area contributed by atoms with Crippen LogP contribution in [0.1, 0.15) is 17.2 Å². The number of rotatable bonds is 5.